The first-order chi connectivity index (χ1) is 7.72. The zero-order chi connectivity index (χ0) is 11.8. The maximum Gasteiger partial charge on any atom is 0.0186 e. The van der Waals surface area contributed by atoms with Crippen molar-refractivity contribution < 1.29 is 0 Å². The van der Waals surface area contributed by atoms with Crippen molar-refractivity contribution in [2.45, 2.75) is 30.2 Å². The van der Waals surface area contributed by atoms with Gasteiger partial charge in [0.2, 0.25) is 0 Å². The molecular weight excluding hydrogens is 282 g/mol. The van der Waals surface area contributed by atoms with Crippen LogP contribution in [0.3, 0.4) is 0 Å². The van der Waals surface area contributed by atoms with E-state index in [1.165, 1.54) is 4.90 Å². The maximum atomic E-state index is 6.00. The Hall–Kier alpha value is -0.430. The second kappa shape index (κ2) is 7.78. The van der Waals surface area contributed by atoms with Crippen LogP contribution in [0.25, 0.3) is 0 Å². The van der Waals surface area contributed by atoms with Crippen LogP contribution in [-0.2, 0) is 0 Å². The number of nitrogens with two attached hydrogens (primary N) is 1. The Bertz CT molecular complexity index is 359. The van der Waals surface area contributed by atoms with Gasteiger partial charge in [-0.25, -0.2) is 0 Å². The average Bonchev–Trinajstić information content (AvgIpc) is 2.27. The quantitative estimate of drug-likeness (QED) is 0.492. The number of hydrogen-bond donors (Lipinski definition) is 1. The first-order valence-electron chi connectivity index (χ1n) is 5.30. The number of benzene rings is 1. The van der Waals surface area contributed by atoms with Crippen LogP contribution in [0, 0.1) is 12.3 Å². The molecule has 86 valence electrons. The third kappa shape index (κ3) is 5.60. The van der Waals surface area contributed by atoms with Crippen LogP contribution in [0.4, 0.5) is 0 Å². The molecule has 0 aromatic heterocycles. The molecule has 1 nitrogen and oxygen atoms in total. The molecular formula is C13H16BrNS. The topological polar surface area (TPSA) is 26.0 Å². The van der Waals surface area contributed by atoms with Crippen molar-refractivity contribution in [3.05, 3.63) is 28.7 Å². The largest absolute Gasteiger partial charge is 0.327 e. The number of thioether (sulfide) groups is 1. The predicted octanol–water partition coefficient (Wildman–Crippen LogP) is 3.67. The molecule has 1 rings (SSSR count). The second-order valence-corrected chi connectivity index (χ2v) is 5.63. The minimum absolute atomic E-state index is 0.234. The number of halogens is 1. The summed E-state index contributed by atoms with van der Waals surface area (Å²) in [4.78, 5) is 1.25. The van der Waals surface area contributed by atoms with E-state index in [1.807, 2.05) is 12.1 Å². The van der Waals surface area contributed by atoms with Gasteiger partial charge in [0.05, 0.1) is 0 Å². The van der Waals surface area contributed by atoms with Crippen LogP contribution in [0.2, 0.25) is 0 Å². The molecule has 16 heavy (non-hydrogen) atoms. The Balaban J connectivity index is 2.26. The molecule has 0 fully saturated rings. The highest BCUT2D eigenvalue weighted by Crippen LogP contribution is 2.22. The molecule has 0 aliphatic rings. The van der Waals surface area contributed by atoms with Crippen molar-refractivity contribution in [1.29, 1.82) is 0 Å². The van der Waals surface area contributed by atoms with E-state index in [9.17, 15) is 0 Å². The summed E-state index contributed by atoms with van der Waals surface area (Å²) in [5, 5.41) is 0. The number of hydrogen-bond acceptors (Lipinski definition) is 2. The Morgan fingerprint density at radius 3 is 3.00 bits per heavy atom. The standard InChI is InChI=1S/C13H16BrNS/c1-2-3-4-7-12(15)10-16-13-8-5-6-11(14)9-13/h1,5-6,8-9,12H,3-4,7,10,15H2. The van der Waals surface area contributed by atoms with Gasteiger partial charge in [0.15, 0.2) is 0 Å². The van der Waals surface area contributed by atoms with Gasteiger partial charge in [-0.1, -0.05) is 22.0 Å². The van der Waals surface area contributed by atoms with Gasteiger partial charge in [-0.15, -0.1) is 24.1 Å². The normalized spacial score (nSPS) is 12.1. The van der Waals surface area contributed by atoms with Gasteiger partial charge in [-0.2, -0.15) is 0 Å². The van der Waals surface area contributed by atoms with Crippen molar-refractivity contribution in [1.82, 2.24) is 0 Å². The summed E-state index contributed by atoms with van der Waals surface area (Å²) >= 11 is 5.25. The lowest BCUT2D eigenvalue weighted by atomic mass is 10.1. The van der Waals surface area contributed by atoms with Crippen LogP contribution in [0.5, 0.6) is 0 Å². The molecule has 0 spiro atoms. The summed E-state index contributed by atoms with van der Waals surface area (Å²) in [6.45, 7) is 0. The Labute approximate surface area is 110 Å². The molecule has 0 saturated heterocycles. The van der Waals surface area contributed by atoms with Crippen molar-refractivity contribution in [3.8, 4) is 12.3 Å². The van der Waals surface area contributed by atoms with Gasteiger partial charge in [-0.05, 0) is 31.0 Å². The molecule has 0 radical (unpaired) electrons. The highest BCUT2D eigenvalue weighted by Gasteiger charge is 2.03. The van der Waals surface area contributed by atoms with E-state index < -0.39 is 0 Å². The summed E-state index contributed by atoms with van der Waals surface area (Å²) < 4.78 is 1.11. The smallest absolute Gasteiger partial charge is 0.0186 e. The monoisotopic (exact) mass is 297 g/mol. The molecule has 0 bridgehead atoms. The fraction of sp³-hybridized carbons (Fsp3) is 0.385. The van der Waals surface area contributed by atoms with E-state index in [-0.39, 0.29) is 6.04 Å². The van der Waals surface area contributed by atoms with Gasteiger partial charge in [-0.3, -0.25) is 0 Å². The molecule has 1 unspecified atom stereocenters. The van der Waals surface area contributed by atoms with Crippen LogP contribution < -0.4 is 5.73 Å². The van der Waals surface area contributed by atoms with E-state index in [4.69, 9.17) is 12.2 Å². The van der Waals surface area contributed by atoms with E-state index in [0.29, 0.717) is 0 Å². The Kier molecular flexibility index (Phi) is 6.63. The average molecular weight is 298 g/mol. The zero-order valence-electron chi connectivity index (χ0n) is 9.16. The van der Waals surface area contributed by atoms with E-state index in [2.05, 4.69) is 34.0 Å². The molecule has 1 atom stereocenters. The van der Waals surface area contributed by atoms with Crippen molar-refractivity contribution in [2.24, 2.45) is 5.73 Å². The lowest BCUT2D eigenvalue weighted by Gasteiger charge is -2.10. The van der Waals surface area contributed by atoms with Crippen LogP contribution in [0.1, 0.15) is 19.3 Å². The molecule has 0 saturated carbocycles. The van der Waals surface area contributed by atoms with Crippen molar-refractivity contribution in [2.75, 3.05) is 5.75 Å². The summed E-state index contributed by atoms with van der Waals surface area (Å²) in [5.41, 5.74) is 6.00. The predicted molar refractivity (Wildman–Crippen MR) is 75.5 cm³/mol. The third-order valence-electron chi connectivity index (χ3n) is 2.16. The minimum atomic E-state index is 0.234. The summed E-state index contributed by atoms with van der Waals surface area (Å²) in [7, 11) is 0. The van der Waals surface area contributed by atoms with Gasteiger partial charge < -0.3 is 5.73 Å². The molecule has 0 aliphatic carbocycles. The van der Waals surface area contributed by atoms with Crippen LogP contribution in [-0.4, -0.2) is 11.8 Å². The fourth-order valence-corrected chi connectivity index (χ4v) is 2.82. The molecule has 0 aliphatic heterocycles. The fourth-order valence-electron chi connectivity index (χ4n) is 1.31. The van der Waals surface area contributed by atoms with Gasteiger partial charge in [0.25, 0.3) is 0 Å². The molecule has 3 heteroatoms. The summed E-state index contributed by atoms with van der Waals surface area (Å²) in [6.07, 6.45) is 8.05. The lowest BCUT2D eigenvalue weighted by Crippen LogP contribution is -2.22. The molecule has 1 aromatic rings. The van der Waals surface area contributed by atoms with Gasteiger partial charge in [0.1, 0.15) is 0 Å². The van der Waals surface area contributed by atoms with Crippen molar-refractivity contribution in [3.63, 3.8) is 0 Å². The molecule has 0 amide bonds. The molecule has 1 aromatic carbocycles. The zero-order valence-corrected chi connectivity index (χ0v) is 11.6. The minimum Gasteiger partial charge on any atom is -0.327 e. The van der Waals surface area contributed by atoms with Crippen LogP contribution >= 0.6 is 27.7 Å². The highest BCUT2D eigenvalue weighted by molar-refractivity contribution is 9.10. The third-order valence-corrected chi connectivity index (χ3v) is 3.83. The first kappa shape index (κ1) is 13.6. The Morgan fingerprint density at radius 2 is 2.31 bits per heavy atom. The molecule has 2 N–H and O–H groups in total. The second-order valence-electron chi connectivity index (χ2n) is 3.62. The van der Waals surface area contributed by atoms with Gasteiger partial charge >= 0.3 is 0 Å². The SMILES string of the molecule is C#CCCCC(N)CSc1cccc(Br)c1. The van der Waals surface area contributed by atoms with Gasteiger partial charge in [0, 0.05) is 27.6 Å². The summed E-state index contributed by atoms with van der Waals surface area (Å²) in [5.74, 6) is 3.58. The lowest BCUT2D eigenvalue weighted by molar-refractivity contribution is 0.641. The number of unbranched alkanes of at least 4 members (excludes halogenated alkanes) is 1. The first-order valence-corrected chi connectivity index (χ1v) is 7.07. The van der Waals surface area contributed by atoms with E-state index in [1.54, 1.807) is 11.8 Å². The van der Waals surface area contributed by atoms with E-state index >= 15 is 0 Å². The maximum absolute atomic E-state index is 6.00. The number of terminal acetylenes is 1. The van der Waals surface area contributed by atoms with Crippen LogP contribution in [0.15, 0.2) is 33.6 Å². The van der Waals surface area contributed by atoms with Crippen molar-refractivity contribution >= 4 is 27.7 Å². The summed E-state index contributed by atoms with van der Waals surface area (Å²) in [6, 6.07) is 8.51. The molecule has 0 heterocycles. The number of rotatable bonds is 6. The Morgan fingerprint density at radius 1 is 1.50 bits per heavy atom. The highest BCUT2D eigenvalue weighted by atomic mass is 79.9. The van der Waals surface area contributed by atoms with E-state index in [0.717, 1.165) is 29.5 Å².